The lowest BCUT2D eigenvalue weighted by atomic mass is 10.0. The SMILES string of the molecule is COc1ccc(OC)c(C(=O)OCC(=O)c2c(-c3ccccc3)[nH]c3ccccc23)c1. The molecule has 0 aliphatic carbocycles. The zero-order chi connectivity index (χ0) is 21.8. The average molecular weight is 415 g/mol. The van der Waals surface area contributed by atoms with E-state index >= 15 is 0 Å². The lowest BCUT2D eigenvalue weighted by Crippen LogP contribution is -2.15. The molecule has 1 aromatic heterocycles. The Bertz CT molecular complexity index is 1240. The summed E-state index contributed by atoms with van der Waals surface area (Å²) in [4.78, 5) is 29.2. The van der Waals surface area contributed by atoms with Gasteiger partial charge in [-0.3, -0.25) is 4.79 Å². The first-order chi connectivity index (χ1) is 15.1. The fraction of sp³-hybridized carbons (Fsp3) is 0.120. The summed E-state index contributed by atoms with van der Waals surface area (Å²) in [6.07, 6.45) is 0. The molecular weight excluding hydrogens is 394 g/mol. The first kappa shape index (κ1) is 20.2. The van der Waals surface area contributed by atoms with Gasteiger partial charge in [-0.05, 0) is 29.8 Å². The van der Waals surface area contributed by atoms with Crippen LogP contribution in [-0.2, 0) is 4.74 Å². The number of Topliss-reactive ketones (excluding diaryl/α,β-unsaturated/α-hetero) is 1. The molecule has 0 saturated carbocycles. The highest BCUT2D eigenvalue weighted by atomic mass is 16.5. The Balaban J connectivity index is 1.63. The number of ether oxygens (including phenoxy) is 3. The van der Waals surface area contributed by atoms with Crippen LogP contribution in [0.2, 0.25) is 0 Å². The Morgan fingerprint density at radius 1 is 0.871 bits per heavy atom. The van der Waals surface area contributed by atoms with Crippen molar-refractivity contribution < 1.29 is 23.8 Å². The molecular formula is C25H21NO5. The number of hydrogen-bond donors (Lipinski definition) is 1. The monoisotopic (exact) mass is 415 g/mol. The zero-order valence-corrected chi connectivity index (χ0v) is 17.2. The van der Waals surface area contributed by atoms with Gasteiger partial charge in [0.2, 0.25) is 5.78 Å². The van der Waals surface area contributed by atoms with Crippen LogP contribution in [0.5, 0.6) is 11.5 Å². The third-order valence-electron chi connectivity index (χ3n) is 5.01. The van der Waals surface area contributed by atoms with Crippen LogP contribution in [0.4, 0.5) is 0 Å². The molecule has 4 rings (SSSR count). The second-order valence-electron chi connectivity index (χ2n) is 6.85. The highest BCUT2D eigenvalue weighted by molar-refractivity contribution is 6.14. The number of carbonyl (C=O) groups is 2. The van der Waals surface area contributed by atoms with Gasteiger partial charge in [-0.2, -0.15) is 0 Å². The predicted octanol–water partition coefficient (Wildman–Crippen LogP) is 4.89. The van der Waals surface area contributed by atoms with Gasteiger partial charge >= 0.3 is 5.97 Å². The molecule has 0 saturated heterocycles. The van der Waals surface area contributed by atoms with Crippen molar-refractivity contribution in [3.8, 4) is 22.8 Å². The van der Waals surface area contributed by atoms with E-state index in [0.717, 1.165) is 16.5 Å². The number of hydrogen-bond acceptors (Lipinski definition) is 5. The van der Waals surface area contributed by atoms with Crippen LogP contribution in [0.15, 0.2) is 72.8 Å². The van der Waals surface area contributed by atoms with E-state index < -0.39 is 12.6 Å². The largest absolute Gasteiger partial charge is 0.497 e. The van der Waals surface area contributed by atoms with Gasteiger partial charge in [0.1, 0.15) is 17.1 Å². The standard InChI is InChI=1S/C25H21NO5/c1-29-17-12-13-22(30-2)19(14-17)25(28)31-15-21(27)23-18-10-6-7-11-20(18)26-24(23)16-8-4-3-5-9-16/h3-14,26H,15H2,1-2H3. The molecule has 0 aliphatic heterocycles. The van der Waals surface area contributed by atoms with Crippen molar-refractivity contribution in [1.29, 1.82) is 0 Å². The summed E-state index contributed by atoms with van der Waals surface area (Å²) in [7, 11) is 2.96. The number of nitrogens with one attached hydrogen (secondary N) is 1. The van der Waals surface area contributed by atoms with Crippen molar-refractivity contribution >= 4 is 22.7 Å². The molecule has 6 heteroatoms. The molecule has 0 unspecified atom stereocenters. The molecule has 0 amide bonds. The zero-order valence-electron chi connectivity index (χ0n) is 17.2. The van der Waals surface area contributed by atoms with E-state index in [9.17, 15) is 9.59 Å². The Morgan fingerprint density at radius 2 is 1.61 bits per heavy atom. The molecule has 4 aromatic rings. The molecule has 0 atom stereocenters. The second kappa shape index (κ2) is 8.75. The molecule has 0 spiro atoms. The lowest BCUT2D eigenvalue weighted by Gasteiger charge is -2.10. The number of ketones is 1. The third kappa shape index (κ3) is 4.00. The highest BCUT2D eigenvalue weighted by Gasteiger charge is 2.22. The van der Waals surface area contributed by atoms with E-state index in [0.29, 0.717) is 22.8 Å². The van der Waals surface area contributed by atoms with Crippen molar-refractivity contribution in [1.82, 2.24) is 4.98 Å². The first-order valence-corrected chi connectivity index (χ1v) is 9.71. The minimum atomic E-state index is -0.662. The van der Waals surface area contributed by atoms with Gasteiger partial charge < -0.3 is 19.2 Å². The number of aromatic nitrogens is 1. The van der Waals surface area contributed by atoms with Crippen LogP contribution < -0.4 is 9.47 Å². The van der Waals surface area contributed by atoms with E-state index in [2.05, 4.69) is 4.98 Å². The molecule has 6 nitrogen and oxygen atoms in total. The number of rotatable bonds is 7. The number of fused-ring (bicyclic) bond motifs is 1. The minimum absolute atomic E-state index is 0.192. The van der Waals surface area contributed by atoms with E-state index in [1.807, 2.05) is 54.6 Å². The van der Waals surface area contributed by atoms with Gasteiger partial charge in [-0.25, -0.2) is 4.79 Å². The molecule has 0 aliphatic rings. The Labute approximate surface area is 179 Å². The predicted molar refractivity (Wildman–Crippen MR) is 118 cm³/mol. The van der Waals surface area contributed by atoms with Crippen LogP contribution in [0.25, 0.3) is 22.2 Å². The van der Waals surface area contributed by atoms with Gasteiger partial charge in [0.15, 0.2) is 6.61 Å². The summed E-state index contributed by atoms with van der Waals surface area (Å²) in [5, 5.41) is 0.779. The van der Waals surface area contributed by atoms with E-state index in [-0.39, 0.29) is 11.3 Å². The Hall–Kier alpha value is -4.06. The van der Waals surface area contributed by atoms with Crippen LogP contribution in [0, 0.1) is 0 Å². The molecule has 0 radical (unpaired) electrons. The van der Waals surface area contributed by atoms with Crippen molar-refractivity contribution in [2.24, 2.45) is 0 Å². The molecule has 156 valence electrons. The number of aromatic amines is 1. The van der Waals surface area contributed by atoms with E-state index in [1.54, 1.807) is 12.1 Å². The van der Waals surface area contributed by atoms with Crippen molar-refractivity contribution in [3.63, 3.8) is 0 Å². The Morgan fingerprint density at radius 3 is 2.35 bits per heavy atom. The van der Waals surface area contributed by atoms with Gasteiger partial charge in [-0.1, -0.05) is 48.5 Å². The van der Waals surface area contributed by atoms with E-state index in [4.69, 9.17) is 14.2 Å². The molecule has 1 N–H and O–H groups in total. The summed E-state index contributed by atoms with van der Waals surface area (Å²) in [5.74, 6) is -0.130. The Kier molecular flexibility index (Phi) is 5.71. The summed E-state index contributed by atoms with van der Waals surface area (Å²) in [5.41, 5.74) is 3.10. The quantitative estimate of drug-likeness (QED) is 0.343. The molecule has 1 heterocycles. The maximum atomic E-state index is 13.2. The van der Waals surface area contributed by atoms with Crippen molar-refractivity contribution in [3.05, 3.63) is 83.9 Å². The van der Waals surface area contributed by atoms with E-state index in [1.165, 1.54) is 20.3 Å². The minimum Gasteiger partial charge on any atom is -0.497 e. The van der Waals surface area contributed by atoms with Gasteiger partial charge in [0.25, 0.3) is 0 Å². The molecule has 31 heavy (non-hydrogen) atoms. The number of carbonyl (C=O) groups excluding carboxylic acids is 2. The second-order valence-corrected chi connectivity index (χ2v) is 6.85. The highest BCUT2D eigenvalue weighted by Crippen LogP contribution is 2.31. The van der Waals surface area contributed by atoms with Crippen molar-refractivity contribution in [2.45, 2.75) is 0 Å². The van der Waals surface area contributed by atoms with Crippen LogP contribution >= 0.6 is 0 Å². The fourth-order valence-electron chi connectivity index (χ4n) is 3.51. The van der Waals surface area contributed by atoms with Crippen LogP contribution in [0.1, 0.15) is 20.7 Å². The maximum absolute atomic E-state index is 13.2. The number of H-pyrrole nitrogens is 1. The number of benzene rings is 3. The van der Waals surface area contributed by atoms with Crippen LogP contribution in [0.3, 0.4) is 0 Å². The van der Waals surface area contributed by atoms with Gasteiger partial charge in [0, 0.05) is 10.9 Å². The summed E-state index contributed by atoms with van der Waals surface area (Å²) < 4.78 is 15.8. The normalized spacial score (nSPS) is 10.6. The maximum Gasteiger partial charge on any atom is 0.342 e. The van der Waals surface area contributed by atoms with Crippen LogP contribution in [-0.4, -0.2) is 37.6 Å². The molecule has 0 fully saturated rings. The molecule has 0 bridgehead atoms. The summed E-state index contributed by atoms with van der Waals surface area (Å²) >= 11 is 0. The van der Waals surface area contributed by atoms with Gasteiger partial charge in [-0.15, -0.1) is 0 Å². The third-order valence-corrected chi connectivity index (χ3v) is 5.01. The topological polar surface area (TPSA) is 77.6 Å². The van der Waals surface area contributed by atoms with Gasteiger partial charge in [0.05, 0.1) is 25.5 Å². The average Bonchev–Trinajstić information content (AvgIpc) is 3.22. The summed E-state index contributed by atoms with van der Waals surface area (Å²) in [6.45, 7) is -0.402. The lowest BCUT2D eigenvalue weighted by molar-refractivity contribution is 0.0472. The number of methoxy groups -OCH3 is 2. The van der Waals surface area contributed by atoms with Crippen molar-refractivity contribution in [2.75, 3.05) is 20.8 Å². The number of esters is 1. The number of para-hydroxylation sites is 1. The molecule has 3 aromatic carbocycles. The fourth-order valence-corrected chi connectivity index (χ4v) is 3.51. The smallest absolute Gasteiger partial charge is 0.342 e. The first-order valence-electron chi connectivity index (χ1n) is 9.71. The summed E-state index contributed by atoms with van der Waals surface area (Å²) in [6, 6.07) is 21.9.